The van der Waals surface area contributed by atoms with Crippen molar-refractivity contribution >= 4 is 33.5 Å². The van der Waals surface area contributed by atoms with Crippen LogP contribution in [0.5, 0.6) is 0 Å². The van der Waals surface area contributed by atoms with Crippen LogP contribution in [-0.4, -0.2) is 6.41 Å². The fraction of sp³-hybridized carbons (Fsp3) is 0.182. The van der Waals surface area contributed by atoms with Crippen molar-refractivity contribution < 1.29 is 4.79 Å². The average molecular weight is 205 g/mol. The van der Waals surface area contributed by atoms with Crippen molar-refractivity contribution in [2.45, 2.75) is 13.3 Å². The Morgan fingerprint density at radius 2 is 2.21 bits per heavy atom. The quantitative estimate of drug-likeness (QED) is 0.767. The fourth-order valence-electron chi connectivity index (χ4n) is 1.56. The molecule has 0 fully saturated rings. The molecule has 1 heterocycles. The van der Waals surface area contributed by atoms with E-state index >= 15 is 0 Å². The van der Waals surface area contributed by atoms with Crippen molar-refractivity contribution in [2.75, 3.05) is 5.32 Å². The second kappa shape index (κ2) is 3.80. The van der Waals surface area contributed by atoms with Crippen LogP contribution in [0.4, 0.5) is 5.69 Å². The lowest BCUT2D eigenvalue weighted by Crippen LogP contribution is -1.94. The fourth-order valence-corrected chi connectivity index (χ4v) is 2.67. The minimum absolute atomic E-state index is 0.744. The van der Waals surface area contributed by atoms with Crippen molar-refractivity contribution in [1.82, 2.24) is 0 Å². The Morgan fingerprint density at radius 3 is 2.93 bits per heavy atom. The molecule has 0 aliphatic rings. The van der Waals surface area contributed by atoms with Gasteiger partial charge >= 0.3 is 0 Å². The summed E-state index contributed by atoms with van der Waals surface area (Å²) in [5.74, 6) is 0. The van der Waals surface area contributed by atoms with E-state index in [0.717, 1.165) is 23.9 Å². The van der Waals surface area contributed by atoms with Gasteiger partial charge in [-0.2, -0.15) is 0 Å². The smallest absolute Gasteiger partial charge is 0.211 e. The second-order valence-electron chi connectivity index (χ2n) is 3.01. The number of benzene rings is 1. The van der Waals surface area contributed by atoms with E-state index in [9.17, 15) is 4.79 Å². The molecule has 1 N–H and O–H groups in total. The summed E-state index contributed by atoms with van der Waals surface area (Å²) >= 11 is 1.74. The number of hydrogen-bond donors (Lipinski definition) is 1. The van der Waals surface area contributed by atoms with E-state index in [2.05, 4.69) is 18.3 Å². The van der Waals surface area contributed by atoms with Crippen molar-refractivity contribution in [3.8, 4) is 0 Å². The topological polar surface area (TPSA) is 29.1 Å². The maximum Gasteiger partial charge on any atom is 0.211 e. The van der Waals surface area contributed by atoms with Crippen LogP contribution in [0.15, 0.2) is 24.3 Å². The first-order chi connectivity index (χ1) is 6.86. The van der Waals surface area contributed by atoms with Gasteiger partial charge < -0.3 is 5.32 Å². The molecule has 2 nitrogen and oxygen atoms in total. The number of nitrogens with one attached hydrogen (secondary N) is 1. The highest BCUT2D eigenvalue weighted by molar-refractivity contribution is 7.19. The molecular weight excluding hydrogens is 194 g/mol. The molecule has 0 spiro atoms. The molecule has 1 amide bonds. The zero-order valence-corrected chi connectivity index (χ0v) is 8.73. The van der Waals surface area contributed by atoms with Gasteiger partial charge in [-0.3, -0.25) is 4.79 Å². The van der Waals surface area contributed by atoms with E-state index in [1.165, 1.54) is 9.58 Å². The van der Waals surface area contributed by atoms with E-state index < -0.39 is 0 Å². The maximum atomic E-state index is 10.5. The number of amides is 1. The molecule has 0 aliphatic carbocycles. The number of rotatable bonds is 3. The standard InChI is InChI=1S/C11H11NOS/c1-2-9-11(12-7-13)8-5-3-4-6-10(8)14-9/h3-7H,2H2,1H3,(H,12,13). The predicted octanol–water partition coefficient (Wildman–Crippen LogP) is 3.03. The van der Waals surface area contributed by atoms with Crippen molar-refractivity contribution in [1.29, 1.82) is 0 Å². The van der Waals surface area contributed by atoms with Crippen molar-refractivity contribution in [3.05, 3.63) is 29.1 Å². The summed E-state index contributed by atoms with van der Waals surface area (Å²) in [6, 6.07) is 8.12. The van der Waals surface area contributed by atoms with Crippen molar-refractivity contribution in [3.63, 3.8) is 0 Å². The van der Waals surface area contributed by atoms with Crippen LogP contribution < -0.4 is 5.32 Å². The first-order valence-corrected chi connectivity index (χ1v) is 5.39. The minimum atomic E-state index is 0.744. The Bertz CT molecular complexity index is 461. The molecule has 14 heavy (non-hydrogen) atoms. The number of thiophene rings is 1. The molecule has 2 aromatic rings. The highest BCUT2D eigenvalue weighted by Gasteiger charge is 2.08. The number of aryl methyl sites for hydroxylation is 1. The molecule has 1 aromatic carbocycles. The van der Waals surface area contributed by atoms with E-state index in [-0.39, 0.29) is 0 Å². The maximum absolute atomic E-state index is 10.5. The van der Waals surface area contributed by atoms with E-state index in [1.54, 1.807) is 11.3 Å². The van der Waals surface area contributed by atoms with Crippen LogP contribution in [0.25, 0.3) is 10.1 Å². The van der Waals surface area contributed by atoms with Crippen LogP contribution in [0.3, 0.4) is 0 Å². The number of anilines is 1. The van der Waals surface area contributed by atoms with Gasteiger partial charge in [0.1, 0.15) is 0 Å². The van der Waals surface area contributed by atoms with Crippen LogP contribution in [0.1, 0.15) is 11.8 Å². The monoisotopic (exact) mass is 205 g/mol. The Kier molecular flexibility index (Phi) is 2.50. The van der Waals surface area contributed by atoms with E-state index in [4.69, 9.17) is 0 Å². The summed E-state index contributed by atoms with van der Waals surface area (Å²) in [6.07, 6.45) is 1.70. The molecule has 1 aromatic heterocycles. The van der Waals surface area contributed by atoms with Gasteiger partial charge in [0.25, 0.3) is 0 Å². The zero-order valence-electron chi connectivity index (χ0n) is 7.91. The molecule has 0 radical (unpaired) electrons. The molecule has 0 saturated heterocycles. The highest BCUT2D eigenvalue weighted by atomic mass is 32.1. The summed E-state index contributed by atoms with van der Waals surface area (Å²) in [6.45, 7) is 2.10. The Morgan fingerprint density at radius 1 is 1.43 bits per heavy atom. The van der Waals surface area contributed by atoms with E-state index in [0.29, 0.717) is 0 Å². The molecular formula is C11H11NOS. The third kappa shape index (κ3) is 1.40. The van der Waals surface area contributed by atoms with Gasteiger partial charge in [0.05, 0.1) is 5.69 Å². The minimum Gasteiger partial charge on any atom is -0.327 e. The van der Waals surface area contributed by atoms with Crippen LogP contribution in [-0.2, 0) is 11.2 Å². The summed E-state index contributed by atoms with van der Waals surface area (Å²) in [7, 11) is 0. The Hall–Kier alpha value is -1.35. The molecule has 0 saturated carbocycles. The molecule has 2 rings (SSSR count). The summed E-state index contributed by atoms with van der Waals surface area (Å²) in [5, 5.41) is 3.92. The average Bonchev–Trinajstić information content (AvgIpc) is 2.58. The lowest BCUT2D eigenvalue weighted by molar-refractivity contribution is -0.105. The molecule has 72 valence electrons. The Labute approximate surface area is 86.6 Å². The molecule has 0 aliphatic heterocycles. The van der Waals surface area contributed by atoms with Crippen LogP contribution in [0, 0.1) is 0 Å². The van der Waals surface area contributed by atoms with Gasteiger partial charge in [-0.05, 0) is 12.5 Å². The van der Waals surface area contributed by atoms with Crippen molar-refractivity contribution in [2.24, 2.45) is 0 Å². The third-order valence-corrected chi connectivity index (χ3v) is 3.51. The van der Waals surface area contributed by atoms with Gasteiger partial charge in [-0.25, -0.2) is 0 Å². The summed E-state index contributed by atoms with van der Waals surface area (Å²) < 4.78 is 1.23. The number of carbonyl (C=O) groups is 1. The highest BCUT2D eigenvalue weighted by Crippen LogP contribution is 2.35. The largest absolute Gasteiger partial charge is 0.327 e. The third-order valence-electron chi connectivity index (χ3n) is 2.19. The van der Waals surface area contributed by atoms with E-state index in [1.807, 2.05) is 18.2 Å². The lowest BCUT2D eigenvalue weighted by Gasteiger charge is -1.98. The predicted molar refractivity (Wildman–Crippen MR) is 60.9 cm³/mol. The molecule has 0 bridgehead atoms. The van der Waals surface area contributed by atoms with Crippen LogP contribution in [0.2, 0.25) is 0 Å². The lowest BCUT2D eigenvalue weighted by atomic mass is 10.2. The molecule has 0 unspecified atom stereocenters. The van der Waals surface area contributed by atoms with Gasteiger partial charge in [0, 0.05) is 15.0 Å². The van der Waals surface area contributed by atoms with Gasteiger partial charge in [-0.1, -0.05) is 25.1 Å². The Balaban J connectivity index is 2.67. The van der Waals surface area contributed by atoms with Gasteiger partial charge in [0.2, 0.25) is 6.41 Å². The molecule has 3 heteroatoms. The SMILES string of the molecule is CCc1sc2ccccc2c1NC=O. The van der Waals surface area contributed by atoms with Crippen LogP contribution >= 0.6 is 11.3 Å². The first-order valence-electron chi connectivity index (χ1n) is 4.57. The number of carbonyl (C=O) groups excluding carboxylic acids is 1. The number of hydrogen-bond acceptors (Lipinski definition) is 2. The first kappa shape index (κ1) is 9.21. The van der Waals surface area contributed by atoms with Gasteiger partial charge in [0.15, 0.2) is 0 Å². The second-order valence-corrected chi connectivity index (χ2v) is 4.15. The zero-order chi connectivity index (χ0) is 9.97. The van der Waals surface area contributed by atoms with Gasteiger partial charge in [-0.15, -0.1) is 11.3 Å². The summed E-state index contributed by atoms with van der Waals surface area (Å²) in [4.78, 5) is 11.7. The molecule has 0 atom stereocenters. The normalized spacial score (nSPS) is 10.4. The number of fused-ring (bicyclic) bond motifs is 1. The summed E-state index contributed by atoms with van der Waals surface area (Å²) in [5.41, 5.74) is 0.975.